The lowest BCUT2D eigenvalue weighted by Crippen LogP contribution is -2.46. The number of aldehydes is 1. The molecule has 0 radical (unpaired) electrons. The number of rotatable bonds is 9. The third kappa shape index (κ3) is 4.65. The number of carbonyl (C=O) groups is 1. The maximum Gasteiger partial charge on any atom is 0.144 e. The van der Waals surface area contributed by atoms with Gasteiger partial charge in [-0.3, -0.25) is 0 Å². The van der Waals surface area contributed by atoms with E-state index < -0.39 is 5.54 Å². The molecule has 0 aromatic carbocycles. The quantitative estimate of drug-likeness (QED) is 0.488. The van der Waals surface area contributed by atoms with E-state index >= 15 is 0 Å². The van der Waals surface area contributed by atoms with Crippen molar-refractivity contribution in [3.8, 4) is 0 Å². The summed E-state index contributed by atoms with van der Waals surface area (Å²) in [5.41, 5.74) is 0.656. The maximum absolute atomic E-state index is 11.3. The Bertz CT molecular complexity index is 310. The van der Waals surface area contributed by atoms with E-state index in [2.05, 4.69) is 30.6 Å². The van der Waals surface area contributed by atoms with Crippen molar-refractivity contribution in [3.63, 3.8) is 0 Å². The molecule has 0 saturated carbocycles. The van der Waals surface area contributed by atoms with E-state index in [0.717, 1.165) is 44.3 Å². The monoisotopic (exact) mass is 250 g/mol. The number of carbonyl (C=O) groups excluding carboxylic acids is 1. The maximum atomic E-state index is 11.3. The van der Waals surface area contributed by atoms with E-state index in [9.17, 15) is 4.79 Å². The van der Waals surface area contributed by atoms with Crippen LogP contribution in [0.4, 0.5) is 0 Å². The summed E-state index contributed by atoms with van der Waals surface area (Å²) < 4.78 is 0. The summed E-state index contributed by atoms with van der Waals surface area (Å²) in [4.78, 5) is 11.3. The van der Waals surface area contributed by atoms with Gasteiger partial charge in [-0.15, -0.1) is 0 Å². The molecular formula is C15H26N2O. The molecule has 1 rings (SSSR count). The van der Waals surface area contributed by atoms with E-state index in [0.29, 0.717) is 0 Å². The van der Waals surface area contributed by atoms with E-state index in [1.54, 1.807) is 0 Å². The first-order chi connectivity index (χ1) is 8.76. The molecule has 18 heavy (non-hydrogen) atoms. The fraction of sp³-hybridized carbons (Fsp3) is 0.667. The van der Waals surface area contributed by atoms with E-state index in [4.69, 9.17) is 0 Å². The highest BCUT2D eigenvalue weighted by atomic mass is 16.1. The SMILES string of the molecule is CCCCNC1=CCC(C=O)(NCCCC)C=C1. The van der Waals surface area contributed by atoms with Crippen molar-refractivity contribution < 1.29 is 4.79 Å². The van der Waals surface area contributed by atoms with Gasteiger partial charge in [-0.2, -0.15) is 0 Å². The van der Waals surface area contributed by atoms with Crippen LogP contribution in [-0.2, 0) is 4.79 Å². The predicted octanol–water partition coefficient (Wildman–Crippen LogP) is 2.55. The normalized spacial score (nSPS) is 22.7. The Balaban J connectivity index is 2.43. The van der Waals surface area contributed by atoms with Gasteiger partial charge in [-0.25, -0.2) is 0 Å². The molecule has 0 aromatic heterocycles. The van der Waals surface area contributed by atoms with Crippen molar-refractivity contribution >= 4 is 6.29 Å². The van der Waals surface area contributed by atoms with Crippen LogP contribution in [0.15, 0.2) is 23.9 Å². The lowest BCUT2D eigenvalue weighted by molar-refractivity contribution is -0.111. The molecular weight excluding hydrogens is 224 g/mol. The lowest BCUT2D eigenvalue weighted by atomic mass is 9.91. The highest BCUT2D eigenvalue weighted by Crippen LogP contribution is 2.18. The smallest absolute Gasteiger partial charge is 0.144 e. The first-order valence-corrected chi connectivity index (χ1v) is 7.11. The highest BCUT2D eigenvalue weighted by molar-refractivity contribution is 5.69. The molecule has 0 spiro atoms. The summed E-state index contributed by atoms with van der Waals surface area (Å²) in [6, 6.07) is 0. The molecule has 3 nitrogen and oxygen atoms in total. The zero-order valence-corrected chi connectivity index (χ0v) is 11.7. The van der Waals surface area contributed by atoms with Crippen LogP contribution in [-0.4, -0.2) is 24.9 Å². The molecule has 0 bridgehead atoms. The topological polar surface area (TPSA) is 41.1 Å². The van der Waals surface area contributed by atoms with E-state index in [-0.39, 0.29) is 0 Å². The summed E-state index contributed by atoms with van der Waals surface area (Å²) >= 11 is 0. The summed E-state index contributed by atoms with van der Waals surface area (Å²) in [6.07, 6.45) is 12.5. The Hall–Kier alpha value is -1.09. The molecule has 0 amide bonds. The fourth-order valence-electron chi connectivity index (χ4n) is 1.95. The molecule has 0 aromatic rings. The molecule has 1 atom stereocenters. The minimum atomic E-state index is -0.481. The van der Waals surface area contributed by atoms with Crippen molar-refractivity contribution in [3.05, 3.63) is 23.9 Å². The molecule has 2 N–H and O–H groups in total. The van der Waals surface area contributed by atoms with Crippen LogP contribution in [0, 0.1) is 0 Å². The zero-order valence-electron chi connectivity index (χ0n) is 11.7. The molecule has 0 fully saturated rings. The van der Waals surface area contributed by atoms with E-state index in [1.165, 1.54) is 12.8 Å². The van der Waals surface area contributed by atoms with Gasteiger partial charge in [0.25, 0.3) is 0 Å². The number of hydrogen-bond acceptors (Lipinski definition) is 3. The molecule has 0 aliphatic heterocycles. The van der Waals surface area contributed by atoms with Crippen molar-refractivity contribution in [1.29, 1.82) is 0 Å². The van der Waals surface area contributed by atoms with Crippen molar-refractivity contribution in [1.82, 2.24) is 10.6 Å². The van der Waals surface area contributed by atoms with Gasteiger partial charge in [0.05, 0.1) is 5.54 Å². The van der Waals surface area contributed by atoms with Crippen molar-refractivity contribution in [2.24, 2.45) is 0 Å². The molecule has 102 valence electrons. The Morgan fingerprint density at radius 2 is 2.00 bits per heavy atom. The first-order valence-electron chi connectivity index (χ1n) is 7.11. The van der Waals surface area contributed by atoms with Crippen molar-refractivity contribution in [2.75, 3.05) is 13.1 Å². The highest BCUT2D eigenvalue weighted by Gasteiger charge is 2.26. The molecule has 1 aliphatic rings. The lowest BCUT2D eigenvalue weighted by Gasteiger charge is -2.28. The van der Waals surface area contributed by atoms with Crippen LogP contribution in [0.2, 0.25) is 0 Å². The van der Waals surface area contributed by atoms with E-state index in [1.807, 2.05) is 12.2 Å². The summed E-state index contributed by atoms with van der Waals surface area (Å²) in [5.74, 6) is 0. The molecule has 1 unspecified atom stereocenters. The number of unbranched alkanes of at least 4 members (excludes halogenated alkanes) is 2. The minimum Gasteiger partial charge on any atom is -0.385 e. The Labute approximate surface area is 111 Å². The summed E-state index contributed by atoms with van der Waals surface area (Å²) in [7, 11) is 0. The summed E-state index contributed by atoms with van der Waals surface area (Å²) in [6.45, 7) is 6.24. The van der Waals surface area contributed by atoms with Crippen LogP contribution in [0.5, 0.6) is 0 Å². The van der Waals surface area contributed by atoms with Gasteiger partial charge in [0.1, 0.15) is 6.29 Å². The van der Waals surface area contributed by atoms with Gasteiger partial charge in [0.15, 0.2) is 0 Å². The summed E-state index contributed by atoms with van der Waals surface area (Å²) in [5, 5.41) is 6.73. The van der Waals surface area contributed by atoms with Gasteiger partial charge in [-0.05, 0) is 31.9 Å². The Morgan fingerprint density at radius 1 is 1.28 bits per heavy atom. The second-order valence-electron chi connectivity index (χ2n) is 4.92. The van der Waals surface area contributed by atoms with Crippen LogP contribution in [0.1, 0.15) is 46.0 Å². The largest absolute Gasteiger partial charge is 0.385 e. The fourth-order valence-corrected chi connectivity index (χ4v) is 1.95. The van der Waals surface area contributed by atoms with Crippen LogP contribution in [0.3, 0.4) is 0 Å². The van der Waals surface area contributed by atoms with Crippen molar-refractivity contribution in [2.45, 2.75) is 51.5 Å². The second-order valence-corrected chi connectivity index (χ2v) is 4.92. The van der Waals surface area contributed by atoms with Crippen LogP contribution >= 0.6 is 0 Å². The van der Waals surface area contributed by atoms with Crippen LogP contribution < -0.4 is 10.6 Å². The average Bonchev–Trinajstić information content (AvgIpc) is 2.41. The third-order valence-electron chi connectivity index (χ3n) is 3.27. The van der Waals surface area contributed by atoms with Gasteiger partial charge in [-0.1, -0.05) is 38.8 Å². The Kier molecular flexibility index (Phi) is 6.73. The zero-order chi connectivity index (χ0) is 13.3. The molecule has 3 heteroatoms. The Morgan fingerprint density at radius 3 is 2.56 bits per heavy atom. The predicted molar refractivity (Wildman–Crippen MR) is 76.5 cm³/mol. The van der Waals surface area contributed by atoms with Gasteiger partial charge in [0.2, 0.25) is 0 Å². The second kappa shape index (κ2) is 8.09. The van der Waals surface area contributed by atoms with Gasteiger partial charge < -0.3 is 15.4 Å². The third-order valence-corrected chi connectivity index (χ3v) is 3.27. The molecule has 1 aliphatic carbocycles. The van der Waals surface area contributed by atoms with Gasteiger partial charge >= 0.3 is 0 Å². The van der Waals surface area contributed by atoms with Gasteiger partial charge in [0, 0.05) is 12.2 Å². The minimum absolute atomic E-state index is 0.481. The standard InChI is InChI=1S/C15H26N2O/c1-3-5-11-16-14-7-9-15(13-18,10-8-14)17-12-6-4-2/h7-9,13,16-17H,3-6,10-12H2,1-2H3. The molecule has 0 saturated heterocycles. The molecule has 0 heterocycles. The van der Waals surface area contributed by atoms with Crippen LogP contribution in [0.25, 0.3) is 0 Å². The first kappa shape index (κ1) is 15.0. The number of hydrogen-bond donors (Lipinski definition) is 2. The number of nitrogens with one attached hydrogen (secondary N) is 2. The average molecular weight is 250 g/mol. The number of allylic oxidation sites excluding steroid dienone is 1.